The first-order valence-electron chi connectivity index (χ1n) is 5.21. The zero-order valence-corrected chi connectivity index (χ0v) is 9.97. The van der Waals surface area contributed by atoms with Crippen LogP contribution in [-0.4, -0.2) is 25.4 Å². The molecule has 1 rings (SSSR count). The predicted molar refractivity (Wildman–Crippen MR) is 62.5 cm³/mol. The van der Waals surface area contributed by atoms with Crippen LogP contribution in [0.2, 0.25) is 0 Å². The van der Waals surface area contributed by atoms with Crippen molar-refractivity contribution in [1.29, 1.82) is 0 Å². The fourth-order valence-corrected chi connectivity index (χ4v) is 1.39. The number of carbonyl (C=O) groups excluding carboxylic acids is 2. The highest BCUT2D eigenvalue weighted by atomic mass is 19.4. The first kappa shape index (κ1) is 14.8. The number of carbonyl (C=O) groups is 2. The maximum absolute atomic E-state index is 12.6. The first-order valence-corrected chi connectivity index (χ1v) is 5.21. The Bertz CT molecular complexity index is 500. The van der Waals surface area contributed by atoms with Crippen molar-refractivity contribution in [3.8, 4) is 0 Å². The molecule has 0 aliphatic carbocycles. The number of benzene rings is 1. The lowest BCUT2D eigenvalue weighted by atomic mass is 10.1. The van der Waals surface area contributed by atoms with Crippen molar-refractivity contribution in [3.05, 3.63) is 29.3 Å². The van der Waals surface area contributed by atoms with Crippen LogP contribution in [0.15, 0.2) is 18.2 Å². The van der Waals surface area contributed by atoms with Crippen molar-refractivity contribution >= 4 is 17.5 Å². The van der Waals surface area contributed by atoms with E-state index in [9.17, 15) is 22.8 Å². The number of halogens is 3. The van der Waals surface area contributed by atoms with E-state index in [2.05, 4.69) is 10.6 Å². The average molecular weight is 275 g/mol. The van der Waals surface area contributed by atoms with Gasteiger partial charge < -0.3 is 16.4 Å². The molecule has 0 saturated heterocycles. The largest absolute Gasteiger partial charge is 0.416 e. The van der Waals surface area contributed by atoms with Crippen molar-refractivity contribution in [1.82, 2.24) is 5.32 Å². The van der Waals surface area contributed by atoms with E-state index < -0.39 is 30.1 Å². The molecule has 0 aromatic heterocycles. The SMILES string of the molecule is CNc1ccc(C(F)(F)F)cc1C(=O)NCC(N)=O. The Morgan fingerprint density at radius 1 is 1.32 bits per heavy atom. The Morgan fingerprint density at radius 3 is 2.42 bits per heavy atom. The third-order valence-corrected chi connectivity index (χ3v) is 2.28. The molecule has 2 amide bonds. The summed E-state index contributed by atoms with van der Waals surface area (Å²) in [4.78, 5) is 22.2. The van der Waals surface area contributed by atoms with Gasteiger partial charge in [-0.2, -0.15) is 13.2 Å². The molecule has 1 aromatic rings. The van der Waals surface area contributed by atoms with Gasteiger partial charge in [0.15, 0.2) is 0 Å². The molecule has 0 unspecified atom stereocenters. The minimum Gasteiger partial charge on any atom is -0.387 e. The lowest BCUT2D eigenvalue weighted by Gasteiger charge is -2.13. The van der Waals surface area contributed by atoms with Gasteiger partial charge in [-0.05, 0) is 18.2 Å². The minimum atomic E-state index is -4.55. The third kappa shape index (κ3) is 3.87. The van der Waals surface area contributed by atoms with Gasteiger partial charge in [0.25, 0.3) is 5.91 Å². The lowest BCUT2D eigenvalue weighted by Crippen LogP contribution is -2.33. The van der Waals surface area contributed by atoms with Crippen LogP contribution in [0.1, 0.15) is 15.9 Å². The van der Waals surface area contributed by atoms with Crippen LogP contribution in [0, 0.1) is 0 Å². The van der Waals surface area contributed by atoms with Gasteiger partial charge >= 0.3 is 6.18 Å². The van der Waals surface area contributed by atoms with Crippen LogP contribution in [0.5, 0.6) is 0 Å². The number of rotatable bonds is 4. The molecule has 8 heteroatoms. The molecule has 4 N–H and O–H groups in total. The molecule has 0 bridgehead atoms. The first-order chi connectivity index (χ1) is 8.75. The number of nitrogens with one attached hydrogen (secondary N) is 2. The molecular formula is C11H12F3N3O2. The van der Waals surface area contributed by atoms with E-state index in [0.29, 0.717) is 6.07 Å². The lowest BCUT2D eigenvalue weighted by molar-refractivity contribution is -0.137. The quantitative estimate of drug-likeness (QED) is 0.765. The smallest absolute Gasteiger partial charge is 0.387 e. The van der Waals surface area contributed by atoms with Gasteiger partial charge in [-0.25, -0.2) is 0 Å². The number of primary amides is 1. The van der Waals surface area contributed by atoms with Gasteiger partial charge in [-0.3, -0.25) is 9.59 Å². The van der Waals surface area contributed by atoms with Crippen LogP contribution < -0.4 is 16.4 Å². The molecule has 0 saturated carbocycles. The summed E-state index contributed by atoms with van der Waals surface area (Å²) in [6.45, 7) is -0.446. The molecule has 0 fully saturated rings. The van der Waals surface area contributed by atoms with Gasteiger partial charge in [0.05, 0.1) is 17.7 Å². The van der Waals surface area contributed by atoms with Crippen molar-refractivity contribution in [3.63, 3.8) is 0 Å². The maximum atomic E-state index is 12.6. The minimum absolute atomic E-state index is 0.210. The van der Waals surface area contributed by atoms with E-state index in [0.717, 1.165) is 12.1 Å². The highest BCUT2D eigenvalue weighted by Gasteiger charge is 2.31. The highest BCUT2D eigenvalue weighted by molar-refractivity contribution is 6.01. The van der Waals surface area contributed by atoms with Crippen LogP contribution in [0.3, 0.4) is 0 Å². The Hall–Kier alpha value is -2.25. The molecule has 0 spiro atoms. The molecule has 0 aliphatic heterocycles. The van der Waals surface area contributed by atoms with Crippen LogP contribution >= 0.6 is 0 Å². The second-order valence-electron chi connectivity index (χ2n) is 3.66. The average Bonchev–Trinajstić information content (AvgIpc) is 2.33. The number of nitrogens with two attached hydrogens (primary N) is 1. The van der Waals surface area contributed by atoms with E-state index in [-0.39, 0.29) is 11.3 Å². The zero-order valence-electron chi connectivity index (χ0n) is 9.97. The molecular weight excluding hydrogens is 263 g/mol. The van der Waals surface area contributed by atoms with Crippen molar-refractivity contribution in [2.24, 2.45) is 5.73 Å². The number of hydrogen-bond donors (Lipinski definition) is 3. The summed E-state index contributed by atoms with van der Waals surface area (Å²) in [5.74, 6) is -1.60. The number of hydrogen-bond acceptors (Lipinski definition) is 3. The Morgan fingerprint density at radius 2 is 1.95 bits per heavy atom. The molecule has 1 aromatic carbocycles. The normalized spacial score (nSPS) is 10.9. The van der Waals surface area contributed by atoms with Gasteiger partial charge in [-0.15, -0.1) is 0 Å². The molecule has 5 nitrogen and oxygen atoms in total. The maximum Gasteiger partial charge on any atom is 0.416 e. The summed E-state index contributed by atoms with van der Waals surface area (Å²) in [6, 6.07) is 2.71. The van der Waals surface area contributed by atoms with Crippen LogP contribution in [-0.2, 0) is 11.0 Å². The second kappa shape index (κ2) is 5.59. The third-order valence-electron chi connectivity index (χ3n) is 2.28. The van der Waals surface area contributed by atoms with Crippen molar-refractivity contribution in [2.45, 2.75) is 6.18 Å². The summed E-state index contributed by atoms with van der Waals surface area (Å²) >= 11 is 0. The number of amides is 2. The van der Waals surface area contributed by atoms with Gasteiger partial charge in [0.2, 0.25) is 5.91 Å². The molecule has 0 atom stereocenters. The Kier molecular flexibility index (Phi) is 4.36. The molecule has 0 radical (unpaired) electrons. The fraction of sp³-hybridized carbons (Fsp3) is 0.273. The standard InChI is InChI=1S/C11H12F3N3O2/c1-16-8-3-2-6(11(12,13)14)4-7(8)10(19)17-5-9(15)18/h2-4,16H,5H2,1H3,(H2,15,18)(H,17,19). The Labute approximate surface area is 107 Å². The van der Waals surface area contributed by atoms with Gasteiger partial charge in [0.1, 0.15) is 0 Å². The van der Waals surface area contributed by atoms with Gasteiger partial charge in [0, 0.05) is 12.7 Å². The monoisotopic (exact) mass is 275 g/mol. The van der Waals surface area contributed by atoms with Crippen molar-refractivity contribution < 1.29 is 22.8 Å². The molecule has 0 aliphatic rings. The van der Waals surface area contributed by atoms with Crippen molar-refractivity contribution in [2.75, 3.05) is 18.9 Å². The second-order valence-corrected chi connectivity index (χ2v) is 3.66. The molecule has 0 heterocycles. The Balaban J connectivity index is 3.09. The summed E-state index contributed by atoms with van der Waals surface area (Å²) < 4.78 is 37.7. The van der Waals surface area contributed by atoms with E-state index in [1.54, 1.807) is 0 Å². The van der Waals surface area contributed by atoms with Gasteiger partial charge in [-0.1, -0.05) is 0 Å². The van der Waals surface area contributed by atoms with E-state index in [1.807, 2.05) is 0 Å². The summed E-state index contributed by atoms with van der Waals surface area (Å²) in [6.07, 6.45) is -4.55. The van der Waals surface area contributed by atoms with E-state index in [1.165, 1.54) is 7.05 Å². The summed E-state index contributed by atoms with van der Waals surface area (Å²) in [5.41, 5.74) is 3.90. The summed E-state index contributed by atoms with van der Waals surface area (Å²) in [7, 11) is 1.47. The van der Waals surface area contributed by atoms with Crippen LogP contribution in [0.4, 0.5) is 18.9 Å². The van der Waals surface area contributed by atoms with Crippen LogP contribution in [0.25, 0.3) is 0 Å². The topological polar surface area (TPSA) is 84.2 Å². The highest BCUT2D eigenvalue weighted by Crippen LogP contribution is 2.31. The number of anilines is 1. The molecule has 104 valence electrons. The predicted octanol–water partition coefficient (Wildman–Crippen LogP) is 0.962. The van der Waals surface area contributed by atoms with E-state index >= 15 is 0 Å². The summed E-state index contributed by atoms with van der Waals surface area (Å²) in [5, 5.41) is 4.73. The fourth-order valence-electron chi connectivity index (χ4n) is 1.39. The number of alkyl halides is 3. The molecule has 19 heavy (non-hydrogen) atoms. The zero-order chi connectivity index (χ0) is 14.6. The van der Waals surface area contributed by atoms with E-state index in [4.69, 9.17) is 5.73 Å².